The van der Waals surface area contributed by atoms with Crippen molar-refractivity contribution in [2.75, 3.05) is 29.9 Å². The smallest absolute Gasteiger partial charge is 0.298 e. The van der Waals surface area contributed by atoms with E-state index >= 15 is 0 Å². The predicted octanol–water partition coefficient (Wildman–Crippen LogP) is 3.47. The van der Waals surface area contributed by atoms with Crippen LogP contribution in [0.5, 0.6) is 0 Å². The van der Waals surface area contributed by atoms with E-state index in [1.54, 1.807) is 6.07 Å². The molecule has 1 aromatic heterocycles. The Bertz CT molecular complexity index is 1020. The van der Waals surface area contributed by atoms with Gasteiger partial charge in [-0.3, -0.25) is 4.79 Å². The number of nitrogens with one attached hydrogen (secondary N) is 2. The van der Waals surface area contributed by atoms with Crippen LogP contribution < -0.4 is 15.5 Å². The van der Waals surface area contributed by atoms with E-state index < -0.39 is 0 Å². The third-order valence-electron chi connectivity index (χ3n) is 5.88. The van der Waals surface area contributed by atoms with Crippen LogP contribution >= 0.6 is 0 Å². The summed E-state index contributed by atoms with van der Waals surface area (Å²) in [4.78, 5) is 19.3. The lowest BCUT2D eigenvalue weighted by Crippen LogP contribution is -2.38. The first-order valence-corrected chi connectivity index (χ1v) is 10.1. The fraction of sp³-hybridized carbons (Fsp3) is 0.364. The summed E-state index contributed by atoms with van der Waals surface area (Å²) >= 11 is 0. The minimum absolute atomic E-state index is 0.116. The van der Waals surface area contributed by atoms with Gasteiger partial charge in [-0.15, -0.1) is 0 Å². The van der Waals surface area contributed by atoms with Gasteiger partial charge in [0.05, 0.1) is 5.69 Å². The summed E-state index contributed by atoms with van der Waals surface area (Å²) in [5.74, 6) is -0.552. The van der Waals surface area contributed by atoms with Crippen molar-refractivity contribution < 1.29 is 13.6 Å². The maximum atomic E-state index is 14.8. The first kappa shape index (κ1) is 18.1. The molecule has 2 aliphatic rings. The number of hydrogen-bond acceptors (Lipinski definition) is 5. The van der Waals surface area contributed by atoms with Crippen LogP contribution in [0.4, 0.5) is 16.1 Å². The molecule has 0 aliphatic carbocycles. The van der Waals surface area contributed by atoms with Crippen molar-refractivity contribution in [3.8, 4) is 0 Å². The normalized spacial score (nSPS) is 17.3. The monoisotopic (exact) mass is 394 g/mol. The Hall–Kier alpha value is -2.93. The van der Waals surface area contributed by atoms with Crippen LogP contribution in [-0.4, -0.2) is 30.5 Å². The Morgan fingerprint density at radius 3 is 2.86 bits per heavy atom. The molecule has 3 heterocycles. The zero-order valence-corrected chi connectivity index (χ0v) is 16.1. The topological polar surface area (TPSA) is 70.4 Å². The van der Waals surface area contributed by atoms with E-state index in [1.165, 1.54) is 0 Å². The standard InChI is InChI=1S/C22H23FN4O2/c23-20-16-7-10-24-13-15(16)5-6-18(20)25-21(28)14-8-11-27(12-9-14)22-26-17-3-1-2-4-19(17)29-22/h1-6,14,24H,7-13H2,(H,25,28). The van der Waals surface area contributed by atoms with E-state index in [0.717, 1.165) is 23.2 Å². The van der Waals surface area contributed by atoms with Gasteiger partial charge in [-0.1, -0.05) is 18.2 Å². The highest BCUT2D eigenvalue weighted by Gasteiger charge is 2.28. The van der Waals surface area contributed by atoms with Crippen molar-refractivity contribution in [2.45, 2.75) is 25.8 Å². The number of anilines is 2. The quantitative estimate of drug-likeness (QED) is 0.712. The molecule has 29 heavy (non-hydrogen) atoms. The van der Waals surface area contributed by atoms with Crippen LogP contribution in [0.3, 0.4) is 0 Å². The molecule has 2 aromatic carbocycles. The third-order valence-corrected chi connectivity index (χ3v) is 5.88. The third kappa shape index (κ3) is 3.46. The first-order chi connectivity index (χ1) is 14.2. The SMILES string of the molecule is O=C(Nc1ccc2c(c1F)CCNC2)C1CCN(c2nc3ccccc3o2)CC1. The minimum atomic E-state index is -0.290. The molecular weight excluding hydrogens is 371 g/mol. The van der Waals surface area contributed by atoms with Crippen molar-refractivity contribution in [1.82, 2.24) is 10.3 Å². The number of halogens is 1. The summed E-state index contributed by atoms with van der Waals surface area (Å²) in [6.07, 6.45) is 2.01. The first-order valence-electron chi connectivity index (χ1n) is 10.1. The summed E-state index contributed by atoms with van der Waals surface area (Å²) in [6, 6.07) is 11.8. The number of rotatable bonds is 3. The molecule has 7 heteroatoms. The van der Waals surface area contributed by atoms with Crippen molar-refractivity contribution in [3.63, 3.8) is 0 Å². The second-order valence-electron chi connectivity index (χ2n) is 7.71. The molecule has 5 rings (SSSR count). The Morgan fingerprint density at radius 1 is 1.21 bits per heavy atom. The van der Waals surface area contributed by atoms with Gasteiger partial charge in [0.25, 0.3) is 6.01 Å². The molecule has 1 fully saturated rings. The van der Waals surface area contributed by atoms with E-state index in [9.17, 15) is 9.18 Å². The Kier molecular flexibility index (Phi) is 4.67. The van der Waals surface area contributed by atoms with Gasteiger partial charge in [-0.05, 0) is 55.1 Å². The van der Waals surface area contributed by atoms with Gasteiger partial charge >= 0.3 is 0 Å². The van der Waals surface area contributed by atoms with Gasteiger partial charge in [-0.25, -0.2) is 4.39 Å². The largest absolute Gasteiger partial charge is 0.423 e. The van der Waals surface area contributed by atoms with E-state index in [4.69, 9.17) is 4.42 Å². The van der Waals surface area contributed by atoms with E-state index in [1.807, 2.05) is 30.3 Å². The number of carbonyl (C=O) groups excluding carboxylic acids is 1. The Morgan fingerprint density at radius 2 is 2.03 bits per heavy atom. The number of fused-ring (bicyclic) bond motifs is 2. The van der Waals surface area contributed by atoms with Crippen LogP contribution in [0.2, 0.25) is 0 Å². The summed E-state index contributed by atoms with van der Waals surface area (Å²) in [6.45, 7) is 2.80. The molecule has 3 aromatic rings. The number of hydrogen-bond donors (Lipinski definition) is 2. The second kappa shape index (κ2) is 7.48. The van der Waals surface area contributed by atoms with Crippen molar-refractivity contribution in [3.05, 3.63) is 53.3 Å². The lowest BCUT2D eigenvalue weighted by molar-refractivity contribution is -0.120. The minimum Gasteiger partial charge on any atom is -0.423 e. The molecule has 2 aliphatic heterocycles. The average molecular weight is 394 g/mol. The van der Waals surface area contributed by atoms with Crippen LogP contribution in [0.15, 0.2) is 40.8 Å². The van der Waals surface area contributed by atoms with Gasteiger partial charge in [0.2, 0.25) is 5.91 Å². The Labute approximate surface area is 168 Å². The Balaban J connectivity index is 1.23. The van der Waals surface area contributed by atoms with Crippen LogP contribution in [0.25, 0.3) is 11.1 Å². The molecule has 0 spiro atoms. The number of carbonyl (C=O) groups is 1. The zero-order valence-electron chi connectivity index (χ0n) is 16.1. The van der Waals surface area contributed by atoms with Gasteiger partial charge in [0.15, 0.2) is 5.58 Å². The second-order valence-corrected chi connectivity index (χ2v) is 7.71. The van der Waals surface area contributed by atoms with Gasteiger partial charge in [-0.2, -0.15) is 4.98 Å². The highest BCUT2D eigenvalue weighted by atomic mass is 19.1. The zero-order chi connectivity index (χ0) is 19.8. The molecule has 0 bridgehead atoms. The summed E-state index contributed by atoms with van der Waals surface area (Å²) in [5, 5.41) is 6.05. The molecule has 0 saturated carbocycles. The van der Waals surface area contributed by atoms with E-state index in [-0.39, 0.29) is 23.3 Å². The summed E-state index contributed by atoms with van der Waals surface area (Å²) < 4.78 is 20.6. The van der Waals surface area contributed by atoms with Gasteiger partial charge < -0.3 is 20.0 Å². The van der Waals surface area contributed by atoms with Crippen molar-refractivity contribution >= 4 is 28.7 Å². The number of aromatic nitrogens is 1. The van der Waals surface area contributed by atoms with Gasteiger partial charge in [0.1, 0.15) is 11.3 Å². The summed E-state index contributed by atoms with van der Waals surface area (Å²) in [5.41, 5.74) is 3.57. The fourth-order valence-corrected chi connectivity index (χ4v) is 4.19. The molecule has 1 amide bonds. The van der Waals surface area contributed by atoms with Crippen molar-refractivity contribution in [1.29, 1.82) is 0 Å². The van der Waals surface area contributed by atoms with Crippen LogP contribution in [-0.2, 0) is 17.8 Å². The van der Waals surface area contributed by atoms with E-state index in [0.29, 0.717) is 50.5 Å². The molecule has 0 unspecified atom stereocenters. The maximum absolute atomic E-state index is 14.8. The summed E-state index contributed by atoms with van der Waals surface area (Å²) in [7, 11) is 0. The van der Waals surface area contributed by atoms with Crippen molar-refractivity contribution in [2.24, 2.45) is 5.92 Å². The maximum Gasteiger partial charge on any atom is 0.298 e. The number of oxazole rings is 1. The average Bonchev–Trinajstić information content (AvgIpc) is 3.20. The van der Waals surface area contributed by atoms with Gasteiger partial charge in [0, 0.05) is 25.6 Å². The molecular formula is C22H23FN4O2. The lowest BCUT2D eigenvalue weighted by Gasteiger charge is -2.30. The number of nitrogens with zero attached hydrogens (tertiary/aromatic N) is 2. The highest BCUT2D eigenvalue weighted by molar-refractivity contribution is 5.93. The number of amides is 1. The van der Waals surface area contributed by atoms with Crippen LogP contribution in [0.1, 0.15) is 24.0 Å². The number of benzene rings is 2. The molecule has 2 N–H and O–H groups in total. The van der Waals surface area contributed by atoms with E-state index in [2.05, 4.69) is 20.5 Å². The highest BCUT2D eigenvalue weighted by Crippen LogP contribution is 2.28. The lowest BCUT2D eigenvalue weighted by atomic mass is 9.95. The molecule has 1 saturated heterocycles. The predicted molar refractivity (Wildman–Crippen MR) is 109 cm³/mol. The molecule has 6 nitrogen and oxygen atoms in total. The fourth-order valence-electron chi connectivity index (χ4n) is 4.19. The number of para-hydroxylation sites is 2. The number of piperidine rings is 1. The molecule has 150 valence electrons. The molecule has 0 radical (unpaired) electrons. The van der Waals surface area contributed by atoms with Crippen LogP contribution in [0, 0.1) is 11.7 Å². The molecule has 0 atom stereocenters.